The largest absolute Gasteiger partial charge is 0.370 e. The summed E-state index contributed by atoms with van der Waals surface area (Å²) in [5, 5.41) is 0.884. The number of benzene rings is 1. The first kappa shape index (κ1) is 20.3. The maximum absolute atomic E-state index is 12.6. The zero-order valence-electron chi connectivity index (χ0n) is 17.9. The minimum Gasteiger partial charge on any atom is -0.370 e. The van der Waals surface area contributed by atoms with Crippen molar-refractivity contribution in [2.45, 2.75) is 38.6 Å². The Morgan fingerprint density at radius 2 is 1.97 bits per heavy atom. The van der Waals surface area contributed by atoms with E-state index in [9.17, 15) is 13.2 Å². The molecule has 2 aliphatic rings. The molecule has 1 atom stereocenters. The molecular formula is C23H28N4O3S. The first-order valence-electron chi connectivity index (χ1n) is 10.8. The Hall–Kier alpha value is -2.58. The van der Waals surface area contributed by atoms with Gasteiger partial charge < -0.3 is 14.5 Å². The van der Waals surface area contributed by atoms with Crippen LogP contribution in [0.2, 0.25) is 0 Å². The van der Waals surface area contributed by atoms with Crippen molar-refractivity contribution >= 4 is 27.5 Å². The summed E-state index contributed by atoms with van der Waals surface area (Å²) in [6.45, 7) is 3.91. The van der Waals surface area contributed by atoms with E-state index in [2.05, 4.69) is 26.7 Å². The van der Waals surface area contributed by atoms with Gasteiger partial charge in [-0.15, -0.1) is 0 Å². The molecule has 2 N–H and O–H groups in total. The molecule has 0 radical (unpaired) electrons. The fraction of sp³-hybridized carbons (Fsp3) is 0.435. The number of aromatic nitrogens is 2. The zero-order valence-corrected chi connectivity index (χ0v) is 18.7. The normalized spacial score (nSPS) is 18.7. The average molecular weight is 441 g/mol. The van der Waals surface area contributed by atoms with Crippen LogP contribution >= 0.6 is 0 Å². The number of nitrogens with one attached hydrogen (secondary N) is 2. The van der Waals surface area contributed by atoms with Crippen molar-refractivity contribution in [3.8, 4) is 11.1 Å². The van der Waals surface area contributed by atoms with Crippen LogP contribution in [0, 0.1) is 5.41 Å². The molecule has 1 aromatic carbocycles. The van der Waals surface area contributed by atoms with Gasteiger partial charge in [-0.05, 0) is 61.8 Å². The fourth-order valence-electron chi connectivity index (χ4n) is 5.03. The second-order valence-corrected chi connectivity index (χ2v) is 9.91. The summed E-state index contributed by atoms with van der Waals surface area (Å²) in [4.78, 5) is 18.2. The molecule has 8 heteroatoms. The topological polar surface area (TPSA) is 87.2 Å². The minimum absolute atomic E-state index is 0.0604. The molecule has 1 spiro atoms. The highest BCUT2D eigenvalue weighted by atomic mass is 32.2. The third-order valence-electron chi connectivity index (χ3n) is 6.96. The third kappa shape index (κ3) is 3.68. The van der Waals surface area contributed by atoms with E-state index in [1.165, 1.54) is 25.7 Å². The van der Waals surface area contributed by atoms with Crippen LogP contribution in [0.3, 0.4) is 0 Å². The fourth-order valence-corrected chi connectivity index (χ4v) is 5.49. The Balaban J connectivity index is 1.69. The van der Waals surface area contributed by atoms with Gasteiger partial charge in [-0.25, -0.2) is 13.1 Å². The van der Waals surface area contributed by atoms with Gasteiger partial charge in [-0.2, -0.15) is 0 Å². The third-order valence-corrected chi connectivity index (χ3v) is 7.56. The molecule has 3 aromatic rings. The Morgan fingerprint density at radius 3 is 2.71 bits per heavy atom. The molecule has 1 saturated carbocycles. The molecule has 1 saturated heterocycles. The van der Waals surface area contributed by atoms with E-state index >= 15 is 0 Å². The molecule has 1 aliphatic heterocycles. The van der Waals surface area contributed by atoms with Crippen LogP contribution in [0.1, 0.15) is 44.2 Å². The predicted molar refractivity (Wildman–Crippen MR) is 124 cm³/mol. The molecule has 164 valence electrons. The van der Waals surface area contributed by atoms with Gasteiger partial charge in [0.15, 0.2) is 0 Å². The lowest BCUT2D eigenvalue weighted by molar-refractivity contribution is 0.395. The van der Waals surface area contributed by atoms with E-state index < -0.39 is 10.9 Å². The van der Waals surface area contributed by atoms with Crippen LogP contribution in [0.4, 0.5) is 5.69 Å². The predicted octanol–water partition coefficient (Wildman–Crippen LogP) is 3.09. The van der Waals surface area contributed by atoms with E-state index in [0.717, 1.165) is 40.9 Å². The summed E-state index contributed by atoms with van der Waals surface area (Å²) < 4.78 is 26.7. The second kappa shape index (κ2) is 7.53. The van der Waals surface area contributed by atoms with Crippen LogP contribution in [0.25, 0.3) is 22.0 Å². The summed E-state index contributed by atoms with van der Waals surface area (Å²) in [6.07, 6.45) is 8.78. The number of aromatic amines is 1. The molecule has 3 heterocycles. The van der Waals surface area contributed by atoms with E-state index in [-0.39, 0.29) is 11.6 Å². The highest BCUT2D eigenvalue weighted by Crippen LogP contribution is 2.53. The van der Waals surface area contributed by atoms with E-state index in [1.807, 2.05) is 25.3 Å². The molecule has 2 fully saturated rings. The van der Waals surface area contributed by atoms with Crippen molar-refractivity contribution in [2.75, 3.05) is 18.0 Å². The van der Waals surface area contributed by atoms with Crippen molar-refractivity contribution in [2.24, 2.45) is 12.5 Å². The zero-order chi connectivity index (χ0) is 21.8. The smallest absolute Gasteiger partial charge is 0.274 e. The van der Waals surface area contributed by atoms with Gasteiger partial charge in [0, 0.05) is 60.8 Å². The minimum atomic E-state index is -2.69. The number of rotatable bonds is 5. The van der Waals surface area contributed by atoms with Crippen molar-refractivity contribution in [1.29, 1.82) is 0 Å². The molecule has 1 unspecified atom stereocenters. The van der Waals surface area contributed by atoms with Crippen LogP contribution in [0.15, 0.2) is 41.5 Å². The molecule has 31 heavy (non-hydrogen) atoms. The molecule has 5 rings (SSSR count). The lowest BCUT2D eigenvalue weighted by Crippen LogP contribution is -2.36. The van der Waals surface area contributed by atoms with Gasteiger partial charge in [0.25, 0.3) is 5.56 Å². The molecular weight excluding hydrogens is 412 g/mol. The second-order valence-electron chi connectivity index (χ2n) is 9.13. The van der Waals surface area contributed by atoms with Gasteiger partial charge in [0.2, 0.25) is 10.9 Å². The average Bonchev–Trinajstić information content (AvgIpc) is 3.29. The van der Waals surface area contributed by atoms with Crippen LogP contribution in [0.5, 0.6) is 0 Å². The first-order valence-corrected chi connectivity index (χ1v) is 12.0. The van der Waals surface area contributed by atoms with Crippen molar-refractivity contribution < 1.29 is 8.42 Å². The van der Waals surface area contributed by atoms with E-state index in [1.54, 1.807) is 17.8 Å². The summed E-state index contributed by atoms with van der Waals surface area (Å²) in [6, 6.07) is 7.81. The summed E-state index contributed by atoms with van der Waals surface area (Å²) in [5.74, 6) is 0. The number of fused-ring (bicyclic) bond motifs is 1. The van der Waals surface area contributed by atoms with Crippen molar-refractivity contribution in [3.05, 3.63) is 52.6 Å². The number of hydrogen-bond acceptors (Lipinski definition) is 4. The summed E-state index contributed by atoms with van der Waals surface area (Å²) in [5.41, 5.74) is 5.05. The molecule has 0 bridgehead atoms. The highest BCUT2D eigenvalue weighted by molar-refractivity contribution is 7.70. The lowest BCUT2D eigenvalue weighted by atomic mass is 9.92. The van der Waals surface area contributed by atoms with Crippen LogP contribution < -0.4 is 15.2 Å². The van der Waals surface area contributed by atoms with Gasteiger partial charge >= 0.3 is 0 Å². The maximum atomic E-state index is 12.6. The molecule has 2 aromatic heterocycles. The lowest BCUT2D eigenvalue weighted by Gasteiger charge is -2.36. The Morgan fingerprint density at radius 1 is 1.16 bits per heavy atom. The molecule has 1 aliphatic carbocycles. The Bertz CT molecular complexity index is 1280. The van der Waals surface area contributed by atoms with Crippen LogP contribution in [-0.4, -0.2) is 31.1 Å². The van der Waals surface area contributed by atoms with Gasteiger partial charge in [-0.1, -0.05) is 6.07 Å². The maximum Gasteiger partial charge on any atom is 0.274 e. The first-order chi connectivity index (χ1) is 14.9. The van der Waals surface area contributed by atoms with Crippen molar-refractivity contribution in [1.82, 2.24) is 14.3 Å². The number of nitrogens with zero attached hydrogens (tertiary/aromatic N) is 2. The van der Waals surface area contributed by atoms with Gasteiger partial charge in [-0.3, -0.25) is 4.79 Å². The van der Waals surface area contributed by atoms with Crippen molar-refractivity contribution in [3.63, 3.8) is 0 Å². The van der Waals surface area contributed by atoms with E-state index in [0.29, 0.717) is 10.9 Å². The summed E-state index contributed by atoms with van der Waals surface area (Å²) >= 11 is 0. The van der Waals surface area contributed by atoms with Crippen LogP contribution in [-0.2, 0) is 17.9 Å². The monoisotopic (exact) mass is 440 g/mol. The molecule has 7 nitrogen and oxygen atoms in total. The number of hydrogen-bond donors (Lipinski definition) is 3. The highest BCUT2D eigenvalue weighted by Gasteiger charge is 2.45. The summed E-state index contributed by atoms with van der Waals surface area (Å²) in [7, 11) is -0.927. The number of thiol groups is 1. The van der Waals surface area contributed by atoms with Gasteiger partial charge in [0.05, 0.1) is 0 Å². The Labute approximate surface area is 183 Å². The quantitative estimate of drug-likeness (QED) is 0.532. The van der Waals surface area contributed by atoms with E-state index in [4.69, 9.17) is 0 Å². The standard InChI is InChI=1S/C23H28N4O3S/c1-15(25-31(29)30)16-4-5-20(27-11-3-7-23(14-27)8-9-23)18(12-16)19-13-26(2)22(28)21-17(19)6-10-24-21/h4-6,10,12-13,15,24,31H,3,7-9,11,14H2,1-2H3,(H,25,29,30). The number of piperidine rings is 1. The van der Waals surface area contributed by atoms with Gasteiger partial charge in [0.1, 0.15) is 5.52 Å². The Kier molecular flexibility index (Phi) is 4.94. The number of pyridine rings is 1. The number of aryl methyl sites for hydroxylation is 1. The molecule has 0 amide bonds. The number of anilines is 1. The number of H-pyrrole nitrogens is 1. The SMILES string of the molecule is CC(N[SH](=O)=O)c1ccc(N2CCCC3(CC3)C2)c(-c2cn(C)c(=O)c3[nH]ccc23)c1.